The first-order chi connectivity index (χ1) is 7.41. The Morgan fingerprint density at radius 2 is 1.31 bits per heavy atom. The number of hydrogen-bond acceptors (Lipinski definition) is 0. The van der Waals surface area contributed by atoms with Crippen molar-refractivity contribution >= 4 is 0 Å². The molecular weight excluding hydrogens is 192 g/mol. The second-order valence-electron chi connectivity index (χ2n) is 6.28. The molecule has 0 aromatic heterocycles. The maximum Gasteiger partial charge on any atom is -0.0322 e. The van der Waals surface area contributed by atoms with E-state index in [0.717, 1.165) is 17.8 Å². The van der Waals surface area contributed by atoms with Crippen molar-refractivity contribution in [1.29, 1.82) is 0 Å². The molecule has 0 aliphatic rings. The van der Waals surface area contributed by atoms with Crippen molar-refractivity contribution in [1.82, 2.24) is 0 Å². The summed E-state index contributed by atoms with van der Waals surface area (Å²) in [5.74, 6) is 2.64. The Morgan fingerprint density at radius 1 is 0.812 bits per heavy atom. The standard InChI is InChI=1S/C16H32/c1-13(2)7-9-15(5)11-12-16(6)10-8-14(3)4/h7,14-16H,8-12H2,1-6H3/t15-,16+/m1/s1. The molecule has 0 heteroatoms. The van der Waals surface area contributed by atoms with Gasteiger partial charge >= 0.3 is 0 Å². The van der Waals surface area contributed by atoms with Crippen molar-refractivity contribution in [3.63, 3.8) is 0 Å². The van der Waals surface area contributed by atoms with Gasteiger partial charge in [0.05, 0.1) is 0 Å². The van der Waals surface area contributed by atoms with Gasteiger partial charge in [0.15, 0.2) is 0 Å². The van der Waals surface area contributed by atoms with E-state index in [2.05, 4.69) is 47.6 Å². The molecule has 0 aromatic rings. The first-order valence-corrected chi connectivity index (χ1v) is 7.05. The van der Waals surface area contributed by atoms with E-state index in [-0.39, 0.29) is 0 Å². The molecule has 96 valence electrons. The molecular formula is C16H32. The van der Waals surface area contributed by atoms with Crippen LogP contribution in [-0.4, -0.2) is 0 Å². The second kappa shape index (κ2) is 8.84. The van der Waals surface area contributed by atoms with Crippen LogP contribution in [0.25, 0.3) is 0 Å². The van der Waals surface area contributed by atoms with Crippen LogP contribution in [0.5, 0.6) is 0 Å². The zero-order valence-electron chi connectivity index (χ0n) is 12.3. The lowest BCUT2D eigenvalue weighted by atomic mass is 9.91. The number of allylic oxidation sites excluding steroid dienone is 2. The molecule has 0 saturated heterocycles. The zero-order valence-corrected chi connectivity index (χ0v) is 12.3. The van der Waals surface area contributed by atoms with E-state index in [9.17, 15) is 0 Å². The summed E-state index contributed by atoms with van der Waals surface area (Å²) in [7, 11) is 0. The molecule has 0 bridgehead atoms. The molecule has 0 spiro atoms. The third-order valence-electron chi connectivity index (χ3n) is 3.32. The third-order valence-corrected chi connectivity index (χ3v) is 3.32. The first-order valence-electron chi connectivity index (χ1n) is 7.05. The summed E-state index contributed by atoms with van der Waals surface area (Å²) < 4.78 is 0. The fourth-order valence-electron chi connectivity index (χ4n) is 1.89. The Hall–Kier alpha value is -0.260. The monoisotopic (exact) mass is 224 g/mol. The van der Waals surface area contributed by atoms with Crippen LogP contribution < -0.4 is 0 Å². The number of rotatable bonds is 8. The van der Waals surface area contributed by atoms with E-state index in [1.54, 1.807) is 0 Å². The van der Waals surface area contributed by atoms with Crippen LogP contribution in [0, 0.1) is 17.8 Å². The van der Waals surface area contributed by atoms with Crippen LogP contribution in [0.4, 0.5) is 0 Å². The molecule has 0 nitrogen and oxygen atoms in total. The van der Waals surface area contributed by atoms with E-state index >= 15 is 0 Å². The lowest BCUT2D eigenvalue weighted by Crippen LogP contribution is -2.01. The van der Waals surface area contributed by atoms with E-state index in [0.29, 0.717) is 0 Å². The van der Waals surface area contributed by atoms with Gasteiger partial charge < -0.3 is 0 Å². The van der Waals surface area contributed by atoms with E-state index in [4.69, 9.17) is 0 Å². The van der Waals surface area contributed by atoms with Crippen molar-refractivity contribution in [3.8, 4) is 0 Å². The van der Waals surface area contributed by atoms with Gasteiger partial charge in [0, 0.05) is 0 Å². The molecule has 0 N–H and O–H groups in total. The normalized spacial score (nSPS) is 14.9. The Morgan fingerprint density at radius 3 is 1.81 bits per heavy atom. The fourth-order valence-corrected chi connectivity index (χ4v) is 1.89. The van der Waals surface area contributed by atoms with Gasteiger partial charge in [0.25, 0.3) is 0 Å². The summed E-state index contributed by atoms with van der Waals surface area (Å²) in [5, 5.41) is 0. The van der Waals surface area contributed by atoms with Crippen molar-refractivity contribution in [2.75, 3.05) is 0 Å². The second-order valence-corrected chi connectivity index (χ2v) is 6.28. The Bertz CT molecular complexity index is 184. The molecule has 16 heavy (non-hydrogen) atoms. The molecule has 0 aromatic carbocycles. The summed E-state index contributed by atoms with van der Waals surface area (Å²) in [6.45, 7) is 13.8. The van der Waals surface area contributed by atoms with Gasteiger partial charge in [0.1, 0.15) is 0 Å². The molecule has 0 unspecified atom stereocenters. The summed E-state index contributed by atoms with van der Waals surface area (Å²) in [4.78, 5) is 0. The molecule has 0 heterocycles. The van der Waals surface area contributed by atoms with Crippen LogP contribution in [-0.2, 0) is 0 Å². The van der Waals surface area contributed by atoms with Gasteiger partial charge in [-0.05, 0) is 38.0 Å². The van der Waals surface area contributed by atoms with Gasteiger partial charge in [-0.3, -0.25) is 0 Å². The summed E-state index contributed by atoms with van der Waals surface area (Å²) in [6.07, 6.45) is 9.24. The maximum atomic E-state index is 2.41. The predicted molar refractivity (Wildman–Crippen MR) is 75.7 cm³/mol. The SMILES string of the molecule is CC(C)=CC[C@@H](C)CC[C@@H](C)CCC(C)C. The molecule has 0 aliphatic heterocycles. The van der Waals surface area contributed by atoms with E-state index in [1.165, 1.54) is 37.7 Å². The third kappa shape index (κ3) is 10.3. The van der Waals surface area contributed by atoms with Crippen molar-refractivity contribution in [2.45, 2.75) is 73.6 Å². The summed E-state index contributed by atoms with van der Waals surface area (Å²) in [6, 6.07) is 0. The lowest BCUT2D eigenvalue weighted by molar-refractivity contribution is 0.384. The maximum absolute atomic E-state index is 2.41. The highest BCUT2D eigenvalue weighted by Crippen LogP contribution is 2.21. The zero-order chi connectivity index (χ0) is 12.6. The lowest BCUT2D eigenvalue weighted by Gasteiger charge is -2.15. The van der Waals surface area contributed by atoms with Crippen LogP contribution in [0.2, 0.25) is 0 Å². The Balaban J connectivity index is 3.58. The van der Waals surface area contributed by atoms with Gasteiger partial charge in [-0.2, -0.15) is 0 Å². The molecule has 0 radical (unpaired) electrons. The van der Waals surface area contributed by atoms with E-state index < -0.39 is 0 Å². The van der Waals surface area contributed by atoms with Gasteiger partial charge in [-0.1, -0.05) is 65.0 Å². The van der Waals surface area contributed by atoms with Crippen molar-refractivity contribution in [3.05, 3.63) is 11.6 Å². The predicted octanol–water partition coefficient (Wildman–Crippen LogP) is 5.83. The van der Waals surface area contributed by atoms with Crippen LogP contribution >= 0.6 is 0 Å². The molecule has 0 fully saturated rings. The molecule has 0 aliphatic carbocycles. The Labute approximate surface area is 104 Å². The van der Waals surface area contributed by atoms with E-state index in [1.807, 2.05) is 0 Å². The summed E-state index contributed by atoms with van der Waals surface area (Å²) in [5.41, 5.74) is 1.46. The number of hydrogen-bond donors (Lipinski definition) is 0. The minimum Gasteiger partial charge on any atom is -0.0856 e. The highest BCUT2D eigenvalue weighted by atomic mass is 14.1. The van der Waals surface area contributed by atoms with Gasteiger partial charge in [-0.15, -0.1) is 0 Å². The average Bonchev–Trinajstić information content (AvgIpc) is 2.20. The molecule has 0 saturated carbocycles. The first kappa shape index (κ1) is 15.7. The Kier molecular flexibility index (Phi) is 8.70. The quantitative estimate of drug-likeness (QED) is 0.455. The van der Waals surface area contributed by atoms with Gasteiger partial charge in [-0.25, -0.2) is 0 Å². The topological polar surface area (TPSA) is 0 Å². The smallest absolute Gasteiger partial charge is 0.0322 e. The van der Waals surface area contributed by atoms with Crippen LogP contribution in [0.1, 0.15) is 73.6 Å². The fraction of sp³-hybridized carbons (Fsp3) is 0.875. The highest BCUT2D eigenvalue weighted by molar-refractivity contribution is 4.93. The van der Waals surface area contributed by atoms with Gasteiger partial charge in [0.2, 0.25) is 0 Å². The summed E-state index contributed by atoms with van der Waals surface area (Å²) >= 11 is 0. The largest absolute Gasteiger partial charge is 0.0856 e. The average molecular weight is 224 g/mol. The van der Waals surface area contributed by atoms with Crippen molar-refractivity contribution in [2.24, 2.45) is 17.8 Å². The van der Waals surface area contributed by atoms with Crippen LogP contribution in [0.3, 0.4) is 0 Å². The molecule has 2 atom stereocenters. The highest BCUT2D eigenvalue weighted by Gasteiger charge is 2.06. The minimum absolute atomic E-state index is 0.858. The van der Waals surface area contributed by atoms with Crippen LogP contribution in [0.15, 0.2) is 11.6 Å². The molecule has 0 rings (SSSR count). The molecule has 0 amide bonds. The van der Waals surface area contributed by atoms with Crippen molar-refractivity contribution < 1.29 is 0 Å². The minimum atomic E-state index is 0.858.